The summed E-state index contributed by atoms with van der Waals surface area (Å²) in [4.78, 5) is 16.7. The lowest BCUT2D eigenvalue weighted by molar-refractivity contribution is 0.449. The summed E-state index contributed by atoms with van der Waals surface area (Å²) in [5.74, 6) is -4.22. The molecular weight excluding hydrogens is 221 g/mol. The Morgan fingerprint density at radius 3 is 2.50 bits per heavy atom. The minimum atomic E-state index is -1.58. The fraction of sp³-hybridized carbons (Fsp3) is 0. The molecular formula is C10H5F3N2O. The number of aromatic amines is 1. The van der Waals surface area contributed by atoms with E-state index >= 15 is 0 Å². The summed E-state index contributed by atoms with van der Waals surface area (Å²) in [7, 11) is 0. The van der Waals surface area contributed by atoms with Crippen LogP contribution in [0.1, 0.15) is 0 Å². The van der Waals surface area contributed by atoms with Gasteiger partial charge in [0.25, 0.3) is 5.56 Å². The molecule has 2 rings (SSSR count). The second kappa shape index (κ2) is 3.80. The van der Waals surface area contributed by atoms with Gasteiger partial charge in [-0.3, -0.25) is 9.78 Å². The van der Waals surface area contributed by atoms with Gasteiger partial charge in [-0.15, -0.1) is 0 Å². The molecule has 1 aromatic heterocycles. The average Bonchev–Trinajstić information content (AvgIpc) is 2.26. The van der Waals surface area contributed by atoms with Gasteiger partial charge in [-0.1, -0.05) is 0 Å². The fourth-order valence-electron chi connectivity index (χ4n) is 1.25. The third-order valence-electron chi connectivity index (χ3n) is 1.98. The van der Waals surface area contributed by atoms with Crippen LogP contribution in [0, 0.1) is 17.5 Å². The van der Waals surface area contributed by atoms with Crippen molar-refractivity contribution in [3.8, 4) is 11.3 Å². The molecule has 0 bridgehead atoms. The number of hydrogen-bond donors (Lipinski definition) is 1. The Kier molecular flexibility index (Phi) is 2.47. The lowest BCUT2D eigenvalue weighted by Gasteiger charge is -2.03. The van der Waals surface area contributed by atoms with E-state index in [1.165, 1.54) is 0 Å². The smallest absolute Gasteiger partial charge is 0.266 e. The zero-order valence-corrected chi connectivity index (χ0v) is 7.80. The Labute approximate surface area is 87.6 Å². The molecule has 16 heavy (non-hydrogen) atoms. The van der Waals surface area contributed by atoms with Gasteiger partial charge in [0.2, 0.25) is 0 Å². The molecule has 0 spiro atoms. The second-order valence-corrected chi connectivity index (χ2v) is 3.03. The first kappa shape index (κ1) is 10.4. The third kappa shape index (κ3) is 1.69. The SMILES string of the molecule is O=c1cncc(-c2ccc(F)c(F)c2F)[nH]1. The Morgan fingerprint density at radius 2 is 1.81 bits per heavy atom. The van der Waals surface area contributed by atoms with Gasteiger partial charge in [0.05, 0.1) is 18.1 Å². The van der Waals surface area contributed by atoms with Crippen LogP contribution in [0.25, 0.3) is 11.3 Å². The molecule has 0 unspecified atom stereocenters. The van der Waals surface area contributed by atoms with E-state index in [9.17, 15) is 18.0 Å². The summed E-state index contributed by atoms with van der Waals surface area (Å²) in [5, 5.41) is 0. The minimum absolute atomic E-state index is 0.0103. The summed E-state index contributed by atoms with van der Waals surface area (Å²) in [6.07, 6.45) is 2.14. The van der Waals surface area contributed by atoms with Crippen LogP contribution in [0.2, 0.25) is 0 Å². The van der Waals surface area contributed by atoms with E-state index in [0.717, 1.165) is 24.5 Å². The van der Waals surface area contributed by atoms with Gasteiger partial charge < -0.3 is 4.98 Å². The predicted molar refractivity (Wildman–Crippen MR) is 50.2 cm³/mol. The normalized spacial score (nSPS) is 10.4. The van der Waals surface area contributed by atoms with Gasteiger partial charge in [-0.2, -0.15) is 0 Å². The van der Waals surface area contributed by atoms with Crippen LogP contribution in [0.4, 0.5) is 13.2 Å². The molecule has 0 saturated carbocycles. The van der Waals surface area contributed by atoms with Crippen LogP contribution < -0.4 is 5.56 Å². The molecule has 1 heterocycles. The van der Waals surface area contributed by atoms with Crippen LogP contribution in [-0.2, 0) is 0 Å². The van der Waals surface area contributed by atoms with Crippen LogP contribution in [0.15, 0.2) is 29.3 Å². The molecule has 0 aliphatic carbocycles. The number of H-pyrrole nitrogens is 1. The van der Waals surface area contributed by atoms with Crippen molar-refractivity contribution < 1.29 is 13.2 Å². The molecule has 0 amide bonds. The van der Waals surface area contributed by atoms with E-state index in [0.29, 0.717) is 0 Å². The van der Waals surface area contributed by atoms with Crippen molar-refractivity contribution >= 4 is 0 Å². The van der Waals surface area contributed by atoms with Crippen molar-refractivity contribution in [2.24, 2.45) is 0 Å². The highest BCUT2D eigenvalue weighted by atomic mass is 19.2. The topological polar surface area (TPSA) is 45.8 Å². The highest BCUT2D eigenvalue weighted by Crippen LogP contribution is 2.22. The number of rotatable bonds is 1. The zero-order valence-electron chi connectivity index (χ0n) is 7.80. The highest BCUT2D eigenvalue weighted by molar-refractivity contribution is 5.58. The van der Waals surface area contributed by atoms with E-state index in [1.54, 1.807) is 0 Å². The van der Waals surface area contributed by atoms with Gasteiger partial charge in [0.15, 0.2) is 17.5 Å². The van der Waals surface area contributed by atoms with Crippen LogP contribution >= 0.6 is 0 Å². The monoisotopic (exact) mass is 226 g/mol. The minimum Gasteiger partial charge on any atom is -0.319 e. The largest absolute Gasteiger partial charge is 0.319 e. The van der Waals surface area contributed by atoms with Crippen LogP contribution in [0.3, 0.4) is 0 Å². The first-order valence-electron chi connectivity index (χ1n) is 4.28. The second-order valence-electron chi connectivity index (χ2n) is 3.03. The van der Waals surface area contributed by atoms with E-state index in [2.05, 4.69) is 9.97 Å². The molecule has 1 N–H and O–H groups in total. The lowest BCUT2D eigenvalue weighted by Crippen LogP contribution is -2.07. The maximum absolute atomic E-state index is 13.3. The number of hydrogen-bond acceptors (Lipinski definition) is 2. The molecule has 0 atom stereocenters. The average molecular weight is 226 g/mol. The van der Waals surface area contributed by atoms with Crippen molar-refractivity contribution in [3.05, 3.63) is 52.3 Å². The molecule has 1 aromatic carbocycles. The number of nitrogens with one attached hydrogen (secondary N) is 1. The van der Waals surface area contributed by atoms with Crippen molar-refractivity contribution in [1.82, 2.24) is 9.97 Å². The quantitative estimate of drug-likeness (QED) is 0.754. The van der Waals surface area contributed by atoms with Gasteiger partial charge in [-0.05, 0) is 12.1 Å². The van der Waals surface area contributed by atoms with E-state index in [4.69, 9.17) is 0 Å². The van der Waals surface area contributed by atoms with E-state index in [1.807, 2.05) is 0 Å². The molecule has 82 valence electrons. The summed E-state index contributed by atoms with van der Waals surface area (Å²) in [6.45, 7) is 0. The standard InChI is InChI=1S/C10H5F3N2O/c11-6-2-1-5(9(12)10(6)13)7-3-14-4-8(16)15-7/h1-4H,(H,15,16). The van der Waals surface area contributed by atoms with Crippen molar-refractivity contribution in [1.29, 1.82) is 0 Å². The summed E-state index contributed by atoms with van der Waals surface area (Å²) in [6, 6.07) is 1.81. The van der Waals surface area contributed by atoms with Crippen molar-refractivity contribution in [2.75, 3.05) is 0 Å². The Bertz CT molecular complexity index is 595. The van der Waals surface area contributed by atoms with E-state index < -0.39 is 23.0 Å². The van der Waals surface area contributed by atoms with Crippen molar-refractivity contribution in [3.63, 3.8) is 0 Å². The molecule has 3 nitrogen and oxygen atoms in total. The first-order chi connectivity index (χ1) is 7.59. The van der Waals surface area contributed by atoms with E-state index in [-0.39, 0.29) is 11.3 Å². The molecule has 0 aliphatic rings. The Hall–Kier alpha value is -2.11. The zero-order chi connectivity index (χ0) is 11.7. The third-order valence-corrected chi connectivity index (χ3v) is 1.98. The van der Waals surface area contributed by atoms with Crippen LogP contribution in [0.5, 0.6) is 0 Å². The van der Waals surface area contributed by atoms with Crippen molar-refractivity contribution in [2.45, 2.75) is 0 Å². The fourth-order valence-corrected chi connectivity index (χ4v) is 1.25. The maximum atomic E-state index is 13.3. The maximum Gasteiger partial charge on any atom is 0.266 e. The van der Waals surface area contributed by atoms with Gasteiger partial charge in [0.1, 0.15) is 0 Å². The Balaban J connectivity index is 2.66. The van der Waals surface area contributed by atoms with Gasteiger partial charge in [0, 0.05) is 5.56 Å². The summed E-state index contributed by atoms with van der Waals surface area (Å²) < 4.78 is 38.9. The molecule has 0 fully saturated rings. The van der Waals surface area contributed by atoms with Gasteiger partial charge >= 0.3 is 0 Å². The summed E-state index contributed by atoms with van der Waals surface area (Å²) in [5.41, 5.74) is -0.811. The lowest BCUT2D eigenvalue weighted by atomic mass is 10.1. The molecule has 0 aliphatic heterocycles. The number of halogens is 3. The molecule has 0 saturated heterocycles. The Morgan fingerprint density at radius 1 is 1.06 bits per heavy atom. The van der Waals surface area contributed by atoms with Gasteiger partial charge in [-0.25, -0.2) is 13.2 Å². The highest BCUT2D eigenvalue weighted by Gasteiger charge is 2.15. The summed E-state index contributed by atoms with van der Waals surface area (Å²) >= 11 is 0. The first-order valence-corrected chi connectivity index (χ1v) is 4.28. The number of aromatic nitrogens is 2. The molecule has 2 aromatic rings. The number of nitrogens with zero attached hydrogens (tertiary/aromatic N) is 1. The molecule has 6 heteroatoms. The van der Waals surface area contributed by atoms with Crippen LogP contribution in [-0.4, -0.2) is 9.97 Å². The molecule has 0 radical (unpaired) electrons. The number of benzene rings is 1. The predicted octanol–water partition coefficient (Wildman–Crippen LogP) is 1.85.